The number of anilines is 1. The Morgan fingerprint density at radius 1 is 1.08 bits per heavy atom. The molecule has 132 valence electrons. The number of nitrogens with zero attached hydrogens (tertiary/aromatic N) is 4. The van der Waals surface area contributed by atoms with Crippen molar-refractivity contribution in [1.82, 2.24) is 20.4 Å². The van der Waals surface area contributed by atoms with Gasteiger partial charge in [0.05, 0.1) is 10.1 Å². The Kier molecular flexibility index (Phi) is 5.28. The molecule has 1 unspecified atom stereocenters. The maximum atomic E-state index is 5.78. The third-order valence-corrected chi connectivity index (χ3v) is 6.40. The van der Waals surface area contributed by atoms with Crippen LogP contribution in [0.1, 0.15) is 23.6 Å². The second kappa shape index (κ2) is 7.98. The molecule has 0 aliphatic rings. The van der Waals surface area contributed by atoms with Gasteiger partial charge in [0.1, 0.15) is 0 Å². The Hall–Kier alpha value is -2.23. The number of nitrogens with one attached hydrogen (secondary N) is 1. The Morgan fingerprint density at radius 3 is 2.77 bits per heavy atom. The number of thioether (sulfide) groups is 1. The summed E-state index contributed by atoms with van der Waals surface area (Å²) in [6.07, 6.45) is 0. The number of thiophene rings is 1. The molecule has 1 N–H and O–H groups in total. The summed E-state index contributed by atoms with van der Waals surface area (Å²) >= 11 is 4.66. The van der Waals surface area contributed by atoms with Crippen LogP contribution < -0.4 is 5.32 Å². The van der Waals surface area contributed by atoms with Gasteiger partial charge in [0, 0.05) is 6.54 Å². The van der Waals surface area contributed by atoms with E-state index in [0.717, 1.165) is 20.9 Å². The third-order valence-electron chi connectivity index (χ3n) is 3.49. The minimum atomic E-state index is 0.00568. The SMILES string of the molecule is CC(Sc1nnc(NCc2ccccc2)s1)c1nnc(-c2cccs2)o1. The van der Waals surface area contributed by atoms with Crippen LogP contribution in [0.25, 0.3) is 10.8 Å². The van der Waals surface area contributed by atoms with Crippen molar-refractivity contribution in [3.05, 3.63) is 59.3 Å². The standard InChI is InChI=1S/C17H15N5OS3/c1-11(14-19-20-15(23-14)13-8-5-9-24-13)25-17-22-21-16(26-17)18-10-12-6-3-2-4-7-12/h2-9,11H,10H2,1H3,(H,18,21). The first-order valence-electron chi connectivity index (χ1n) is 7.93. The molecular weight excluding hydrogens is 386 g/mol. The summed E-state index contributed by atoms with van der Waals surface area (Å²) in [5.41, 5.74) is 1.21. The molecule has 0 radical (unpaired) electrons. The van der Waals surface area contributed by atoms with Gasteiger partial charge in [0.2, 0.25) is 11.0 Å². The fourth-order valence-corrected chi connectivity index (χ4v) is 4.77. The number of aromatic nitrogens is 4. The third kappa shape index (κ3) is 4.12. The second-order valence-electron chi connectivity index (χ2n) is 5.40. The van der Waals surface area contributed by atoms with Crippen LogP contribution in [0.15, 0.2) is 56.6 Å². The molecule has 3 aromatic heterocycles. The number of rotatable bonds is 7. The first-order chi connectivity index (χ1) is 12.8. The van der Waals surface area contributed by atoms with Crippen LogP contribution in [0.2, 0.25) is 0 Å². The summed E-state index contributed by atoms with van der Waals surface area (Å²) in [4.78, 5) is 0.976. The average molecular weight is 402 g/mol. The van der Waals surface area contributed by atoms with Crippen molar-refractivity contribution in [3.63, 3.8) is 0 Å². The molecule has 3 heterocycles. The van der Waals surface area contributed by atoms with Gasteiger partial charge in [-0.25, -0.2) is 0 Å². The van der Waals surface area contributed by atoms with Gasteiger partial charge in [-0.15, -0.1) is 31.7 Å². The quantitative estimate of drug-likeness (QED) is 0.431. The molecule has 6 nitrogen and oxygen atoms in total. The van der Waals surface area contributed by atoms with Gasteiger partial charge < -0.3 is 9.73 Å². The smallest absolute Gasteiger partial charge is 0.257 e. The lowest BCUT2D eigenvalue weighted by atomic mass is 10.2. The summed E-state index contributed by atoms with van der Waals surface area (Å²) < 4.78 is 6.65. The Morgan fingerprint density at radius 2 is 1.96 bits per heavy atom. The molecule has 0 aliphatic carbocycles. The molecule has 4 aromatic rings. The zero-order valence-electron chi connectivity index (χ0n) is 13.8. The van der Waals surface area contributed by atoms with Crippen LogP contribution >= 0.6 is 34.4 Å². The molecule has 1 atom stereocenters. The first-order valence-corrected chi connectivity index (χ1v) is 10.5. The molecule has 9 heteroatoms. The predicted octanol–water partition coefficient (Wildman–Crippen LogP) is 5.12. The highest BCUT2D eigenvalue weighted by Gasteiger charge is 2.18. The minimum absolute atomic E-state index is 0.00568. The second-order valence-corrected chi connectivity index (χ2v) is 8.91. The van der Waals surface area contributed by atoms with Crippen LogP contribution in [-0.4, -0.2) is 20.4 Å². The summed E-state index contributed by atoms with van der Waals surface area (Å²) in [6.45, 7) is 2.75. The molecular formula is C17H15N5OS3. The normalized spacial score (nSPS) is 12.2. The van der Waals surface area contributed by atoms with Crippen LogP contribution in [0.5, 0.6) is 0 Å². The number of benzene rings is 1. The Balaban J connectivity index is 1.36. The molecule has 0 saturated heterocycles. The highest BCUT2D eigenvalue weighted by molar-refractivity contribution is 8.01. The molecule has 4 rings (SSSR count). The molecule has 0 spiro atoms. The fraction of sp³-hybridized carbons (Fsp3) is 0.176. The van der Waals surface area contributed by atoms with Gasteiger partial charge in [0.25, 0.3) is 5.89 Å². The van der Waals surface area contributed by atoms with Crippen molar-refractivity contribution < 1.29 is 4.42 Å². The van der Waals surface area contributed by atoms with Crippen molar-refractivity contribution in [2.45, 2.75) is 23.1 Å². The highest BCUT2D eigenvalue weighted by atomic mass is 32.2. The van der Waals surface area contributed by atoms with E-state index >= 15 is 0 Å². The van der Waals surface area contributed by atoms with E-state index in [-0.39, 0.29) is 5.25 Å². The van der Waals surface area contributed by atoms with Crippen LogP contribution in [-0.2, 0) is 6.54 Å². The van der Waals surface area contributed by atoms with Crippen LogP contribution in [0, 0.1) is 0 Å². The van der Waals surface area contributed by atoms with E-state index < -0.39 is 0 Å². The number of hydrogen-bond donors (Lipinski definition) is 1. The van der Waals surface area contributed by atoms with Crippen LogP contribution in [0.4, 0.5) is 5.13 Å². The van der Waals surface area contributed by atoms with E-state index in [1.165, 1.54) is 16.9 Å². The number of hydrogen-bond acceptors (Lipinski definition) is 9. The summed E-state index contributed by atoms with van der Waals surface area (Å²) in [5, 5.41) is 22.8. The van der Waals surface area contributed by atoms with Crippen molar-refractivity contribution >= 4 is 39.6 Å². The molecule has 0 bridgehead atoms. The van der Waals surface area contributed by atoms with Crippen molar-refractivity contribution in [2.24, 2.45) is 0 Å². The first kappa shape index (κ1) is 17.2. The summed E-state index contributed by atoms with van der Waals surface area (Å²) in [5.74, 6) is 1.15. The Labute approximate surface area is 162 Å². The van der Waals surface area contributed by atoms with Crippen molar-refractivity contribution in [3.8, 4) is 10.8 Å². The summed E-state index contributed by atoms with van der Waals surface area (Å²) in [7, 11) is 0. The molecule has 0 fully saturated rings. The van der Waals surface area contributed by atoms with E-state index in [4.69, 9.17) is 4.42 Å². The van der Waals surface area contributed by atoms with Crippen molar-refractivity contribution in [1.29, 1.82) is 0 Å². The highest BCUT2D eigenvalue weighted by Crippen LogP contribution is 2.37. The molecule has 26 heavy (non-hydrogen) atoms. The Bertz CT molecular complexity index is 952. The predicted molar refractivity (Wildman–Crippen MR) is 106 cm³/mol. The maximum Gasteiger partial charge on any atom is 0.257 e. The van der Waals surface area contributed by atoms with Gasteiger partial charge in [-0.2, -0.15) is 0 Å². The topological polar surface area (TPSA) is 76.7 Å². The van der Waals surface area contributed by atoms with Gasteiger partial charge in [-0.05, 0) is 23.9 Å². The van der Waals surface area contributed by atoms with Gasteiger partial charge in [0.15, 0.2) is 4.34 Å². The van der Waals surface area contributed by atoms with E-state index in [1.54, 1.807) is 23.1 Å². The fourth-order valence-electron chi connectivity index (χ4n) is 2.20. The van der Waals surface area contributed by atoms with Gasteiger partial charge in [-0.3, -0.25) is 0 Å². The molecule has 0 saturated carbocycles. The zero-order valence-corrected chi connectivity index (χ0v) is 16.3. The zero-order chi connectivity index (χ0) is 17.8. The molecule has 1 aromatic carbocycles. The lowest BCUT2D eigenvalue weighted by Crippen LogP contribution is -1.98. The molecule has 0 aliphatic heterocycles. The van der Waals surface area contributed by atoms with Crippen molar-refractivity contribution in [2.75, 3.05) is 5.32 Å². The monoisotopic (exact) mass is 401 g/mol. The molecule has 0 amide bonds. The van der Waals surface area contributed by atoms with E-state index in [0.29, 0.717) is 11.8 Å². The summed E-state index contributed by atoms with van der Waals surface area (Å²) in [6, 6.07) is 14.1. The average Bonchev–Trinajstić information content (AvgIpc) is 3.41. The van der Waals surface area contributed by atoms with Gasteiger partial charge in [-0.1, -0.05) is 59.5 Å². The lowest BCUT2D eigenvalue weighted by Gasteiger charge is -2.02. The van der Waals surface area contributed by atoms with E-state index in [2.05, 4.69) is 37.8 Å². The lowest BCUT2D eigenvalue weighted by molar-refractivity contribution is 0.510. The largest absolute Gasteiger partial charge is 0.419 e. The van der Waals surface area contributed by atoms with E-state index in [9.17, 15) is 0 Å². The van der Waals surface area contributed by atoms with E-state index in [1.807, 2.05) is 42.6 Å². The van der Waals surface area contributed by atoms with Gasteiger partial charge >= 0.3 is 0 Å². The maximum absolute atomic E-state index is 5.78. The minimum Gasteiger partial charge on any atom is -0.419 e. The van der Waals surface area contributed by atoms with Crippen LogP contribution in [0.3, 0.4) is 0 Å².